The first kappa shape index (κ1) is 14.7. The highest BCUT2D eigenvalue weighted by molar-refractivity contribution is 7.89. The molecule has 0 saturated carbocycles. The van der Waals surface area contributed by atoms with Gasteiger partial charge in [0.15, 0.2) is 5.03 Å². The molecule has 0 fully saturated rings. The third-order valence-electron chi connectivity index (χ3n) is 3.81. The zero-order valence-electron chi connectivity index (χ0n) is 12.1. The van der Waals surface area contributed by atoms with Crippen LogP contribution in [-0.2, 0) is 22.9 Å². The first-order valence-corrected chi connectivity index (χ1v) is 8.44. The van der Waals surface area contributed by atoms with Gasteiger partial charge in [-0.2, -0.15) is 5.26 Å². The molecule has 0 amide bonds. The molecule has 2 aromatic rings. The molecule has 1 atom stereocenters. The Morgan fingerprint density at radius 1 is 1.27 bits per heavy atom. The highest BCUT2D eigenvalue weighted by Crippen LogP contribution is 2.24. The lowest BCUT2D eigenvalue weighted by molar-refractivity contribution is 0.551. The molecular weight excluding hydrogens is 298 g/mol. The van der Waals surface area contributed by atoms with Crippen LogP contribution in [0.2, 0.25) is 0 Å². The van der Waals surface area contributed by atoms with Crippen molar-refractivity contribution < 1.29 is 8.42 Å². The van der Waals surface area contributed by atoms with Crippen LogP contribution in [0.1, 0.15) is 22.3 Å². The largest absolute Gasteiger partial charge is 0.258 e. The van der Waals surface area contributed by atoms with Gasteiger partial charge in [-0.05, 0) is 54.7 Å². The summed E-state index contributed by atoms with van der Waals surface area (Å²) in [5.41, 5.74) is 3.34. The summed E-state index contributed by atoms with van der Waals surface area (Å²) in [5.74, 6) is 0. The van der Waals surface area contributed by atoms with E-state index in [-0.39, 0.29) is 11.1 Å². The number of fused-ring (bicyclic) bond motifs is 1. The summed E-state index contributed by atoms with van der Waals surface area (Å²) in [6, 6.07) is 10.8. The van der Waals surface area contributed by atoms with Crippen molar-refractivity contribution in [1.82, 2.24) is 9.71 Å². The van der Waals surface area contributed by atoms with E-state index in [1.807, 2.05) is 12.1 Å². The molecule has 22 heavy (non-hydrogen) atoms. The summed E-state index contributed by atoms with van der Waals surface area (Å²) in [5, 5.41) is 9.00. The van der Waals surface area contributed by atoms with E-state index in [1.165, 1.54) is 6.20 Å². The SMILES string of the molecule is Cc1cccnc1S(=O)(=O)NC1Cc2ccc(C#N)cc2C1. The van der Waals surface area contributed by atoms with Crippen LogP contribution in [0.25, 0.3) is 0 Å². The van der Waals surface area contributed by atoms with Crippen LogP contribution >= 0.6 is 0 Å². The average Bonchev–Trinajstić information content (AvgIpc) is 2.87. The summed E-state index contributed by atoms with van der Waals surface area (Å²) in [6.45, 7) is 1.73. The molecule has 1 aromatic heterocycles. The summed E-state index contributed by atoms with van der Waals surface area (Å²) in [4.78, 5) is 3.98. The van der Waals surface area contributed by atoms with Crippen LogP contribution in [0.5, 0.6) is 0 Å². The normalized spacial score (nSPS) is 17.0. The molecule has 0 spiro atoms. The number of rotatable bonds is 3. The number of benzene rings is 1. The molecule has 6 heteroatoms. The van der Waals surface area contributed by atoms with Crippen molar-refractivity contribution in [2.45, 2.75) is 30.8 Å². The van der Waals surface area contributed by atoms with Crippen molar-refractivity contribution in [3.05, 3.63) is 58.8 Å². The van der Waals surface area contributed by atoms with E-state index in [2.05, 4.69) is 15.8 Å². The molecule has 3 rings (SSSR count). The van der Waals surface area contributed by atoms with Gasteiger partial charge in [0.2, 0.25) is 0 Å². The molecule has 1 aliphatic carbocycles. The lowest BCUT2D eigenvalue weighted by atomic mass is 10.1. The van der Waals surface area contributed by atoms with E-state index in [4.69, 9.17) is 5.26 Å². The zero-order valence-corrected chi connectivity index (χ0v) is 12.9. The van der Waals surface area contributed by atoms with E-state index >= 15 is 0 Å². The molecule has 1 aliphatic rings. The number of hydrogen-bond donors (Lipinski definition) is 1. The van der Waals surface area contributed by atoms with Gasteiger partial charge in [-0.3, -0.25) is 0 Å². The van der Waals surface area contributed by atoms with Crippen molar-refractivity contribution in [1.29, 1.82) is 5.26 Å². The first-order chi connectivity index (χ1) is 10.5. The van der Waals surface area contributed by atoms with Crippen molar-refractivity contribution in [3.63, 3.8) is 0 Å². The van der Waals surface area contributed by atoms with E-state index in [9.17, 15) is 8.42 Å². The second-order valence-corrected chi connectivity index (χ2v) is 7.08. The Balaban J connectivity index is 1.81. The van der Waals surface area contributed by atoms with E-state index < -0.39 is 10.0 Å². The molecule has 1 aromatic carbocycles. The van der Waals surface area contributed by atoms with Gasteiger partial charge in [-0.25, -0.2) is 18.1 Å². The van der Waals surface area contributed by atoms with Crippen molar-refractivity contribution in [2.75, 3.05) is 0 Å². The van der Waals surface area contributed by atoms with Gasteiger partial charge in [0, 0.05) is 12.2 Å². The standard InChI is InChI=1S/C16H15N3O2S/c1-11-3-2-6-18-16(11)22(20,21)19-15-8-13-5-4-12(10-17)7-14(13)9-15/h2-7,15,19H,8-9H2,1H3. The van der Waals surface area contributed by atoms with Crippen LogP contribution in [0, 0.1) is 18.3 Å². The predicted molar refractivity (Wildman–Crippen MR) is 81.6 cm³/mol. The van der Waals surface area contributed by atoms with E-state index in [0.29, 0.717) is 24.0 Å². The van der Waals surface area contributed by atoms with Gasteiger partial charge >= 0.3 is 0 Å². The minimum atomic E-state index is -3.63. The van der Waals surface area contributed by atoms with Crippen molar-refractivity contribution in [3.8, 4) is 6.07 Å². The third kappa shape index (κ3) is 2.73. The van der Waals surface area contributed by atoms with Gasteiger partial charge in [0.05, 0.1) is 11.6 Å². The van der Waals surface area contributed by atoms with Gasteiger partial charge < -0.3 is 0 Å². The van der Waals surface area contributed by atoms with E-state index in [0.717, 1.165) is 11.1 Å². The first-order valence-electron chi connectivity index (χ1n) is 6.95. The van der Waals surface area contributed by atoms with Crippen molar-refractivity contribution in [2.24, 2.45) is 0 Å². The number of sulfonamides is 1. The number of nitrogens with zero attached hydrogens (tertiary/aromatic N) is 2. The minimum absolute atomic E-state index is 0.0728. The van der Waals surface area contributed by atoms with Gasteiger partial charge in [-0.1, -0.05) is 12.1 Å². The average molecular weight is 313 g/mol. The molecule has 0 bridgehead atoms. The Morgan fingerprint density at radius 2 is 2.05 bits per heavy atom. The second kappa shape index (κ2) is 5.52. The van der Waals surface area contributed by atoms with Crippen LogP contribution < -0.4 is 4.72 Å². The van der Waals surface area contributed by atoms with E-state index in [1.54, 1.807) is 25.1 Å². The number of nitrogens with one attached hydrogen (secondary N) is 1. The number of aryl methyl sites for hydroxylation is 1. The van der Waals surface area contributed by atoms with Crippen molar-refractivity contribution >= 4 is 10.0 Å². The Morgan fingerprint density at radius 3 is 2.77 bits per heavy atom. The Labute approximate surface area is 129 Å². The molecule has 1 heterocycles. The molecule has 112 valence electrons. The number of hydrogen-bond acceptors (Lipinski definition) is 4. The zero-order chi connectivity index (χ0) is 15.7. The number of pyridine rings is 1. The molecular formula is C16H15N3O2S. The summed E-state index contributed by atoms with van der Waals surface area (Å²) >= 11 is 0. The van der Waals surface area contributed by atoms with Crippen LogP contribution in [0.3, 0.4) is 0 Å². The maximum Gasteiger partial charge on any atom is 0.258 e. The van der Waals surface area contributed by atoms with Crippen LogP contribution in [0.4, 0.5) is 0 Å². The lowest BCUT2D eigenvalue weighted by Gasteiger charge is -2.13. The fourth-order valence-electron chi connectivity index (χ4n) is 2.80. The number of nitriles is 1. The molecule has 5 nitrogen and oxygen atoms in total. The fourth-order valence-corrected chi connectivity index (χ4v) is 4.21. The maximum atomic E-state index is 12.5. The quantitative estimate of drug-likeness (QED) is 0.935. The summed E-state index contributed by atoms with van der Waals surface area (Å²) in [7, 11) is -3.63. The molecule has 1 unspecified atom stereocenters. The molecule has 0 saturated heterocycles. The molecule has 0 aliphatic heterocycles. The summed E-state index contributed by atoms with van der Waals surface area (Å²) < 4.78 is 27.6. The monoisotopic (exact) mass is 313 g/mol. The van der Waals surface area contributed by atoms with Gasteiger partial charge in [0.1, 0.15) is 0 Å². The van der Waals surface area contributed by atoms with Crippen LogP contribution in [0.15, 0.2) is 41.6 Å². The highest BCUT2D eigenvalue weighted by Gasteiger charge is 2.28. The summed E-state index contributed by atoms with van der Waals surface area (Å²) in [6.07, 6.45) is 2.70. The van der Waals surface area contributed by atoms with Gasteiger partial charge in [0.25, 0.3) is 10.0 Å². The maximum absolute atomic E-state index is 12.5. The molecule has 1 N–H and O–H groups in total. The predicted octanol–water partition coefficient (Wildman–Crippen LogP) is 1.71. The third-order valence-corrected chi connectivity index (χ3v) is 5.39. The van der Waals surface area contributed by atoms with Crippen LogP contribution in [-0.4, -0.2) is 19.4 Å². The smallest absolute Gasteiger partial charge is 0.243 e. The number of aromatic nitrogens is 1. The fraction of sp³-hybridized carbons (Fsp3) is 0.250. The Bertz CT molecular complexity index is 869. The Hall–Kier alpha value is -2.23. The molecule has 0 radical (unpaired) electrons. The van der Waals surface area contributed by atoms with Gasteiger partial charge in [-0.15, -0.1) is 0 Å². The highest BCUT2D eigenvalue weighted by atomic mass is 32.2. The Kier molecular flexibility index (Phi) is 3.69. The lowest BCUT2D eigenvalue weighted by Crippen LogP contribution is -2.36. The second-order valence-electron chi connectivity index (χ2n) is 5.45. The topological polar surface area (TPSA) is 82.8 Å². The minimum Gasteiger partial charge on any atom is -0.243 e.